The molecule has 6 heteroatoms. The Morgan fingerprint density at radius 2 is 1.66 bits per heavy atom. The fourth-order valence-corrected chi connectivity index (χ4v) is 5.60. The van der Waals surface area contributed by atoms with Gasteiger partial charge in [-0.1, -0.05) is 47.8 Å². The van der Waals surface area contributed by atoms with Crippen LogP contribution in [0.1, 0.15) is 42.0 Å². The van der Waals surface area contributed by atoms with Crippen molar-refractivity contribution in [2.24, 2.45) is 0 Å². The van der Waals surface area contributed by atoms with Gasteiger partial charge in [0.25, 0.3) is 0 Å². The lowest BCUT2D eigenvalue weighted by Gasteiger charge is -2.39. The molecule has 3 aromatic carbocycles. The van der Waals surface area contributed by atoms with Gasteiger partial charge in [-0.25, -0.2) is 0 Å². The molecule has 2 heterocycles. The van der Waals surface area contributed by atoms with Crippen LogP contribution in [0.4, 0.5) is 5.69 Å². The number of likely N-dealkylation sites (tertiary alicyclic amines) is 1. The molecule has 1 N–H and O–H groups in total. The molecule has 0 radical (unpaired) electrons. The third-order valence-electron chi connectivity index (χ3n) is 7.20. The minimum Gasteiger partial charge on any atom is -0.508 e. The molecular formula is C29H32Cl2N2O2. The number of anilines is 1. The number of nitrogens with zero attached hydrogens (tertiary/aromatic N) is 2. The van der Waals surface area contributed by atoms with E-state index in [-0.39, 0.29) is 6.04 Å². The van der Waals surface area contributed by atoms with Crippen LogP contribution in [0.5, 0.6) is 11.5 Å². The molecule has 0 aliphatic carbocycles. The Morgan fingerprint density at radius 3 is 2.43 bits per heavy atom. The molecule has 1 atom stereocenters. The summed E-state index contributed by atoms with van der Waals surface area (Å²) in [5.41, 5.74) is 4.73. The summed E-state index contributed by atoms with van der Waals surface area (Å²) in [4.78, 5) is 4.89. The van der Waals surface area contributed by atoms with Crippen molar-refractivity contribution in [1.29, 1.82) is 0 Å². The van der Waals surface area contributed by atoms with E-state index in [2.05, 4.69) is 40.1 Å². The Hall–Kier alpha value is -2.40. The minimum atomic E-state index is 0.127. The summed E-state index contributed by atoms with van der Waals surface area (Å²) < 4.78 is 6.03. The number of halogens is 2. The minimum absolute atomic E-state index is 0.127. The second kappa shape index (κ2) is 11.1. The molecule has 0 amide bonds. The number of piperidine rings is 1. The maximum atomic E-state index is 10.0. The third-order valence-corrected chi connectivity index (χ3v) is 7.94. The van der Waals surface area contributed by atoms with E-state index in [1.54, 1.807) is 6.07 Å². The van der Waals surface area contributed by atoms with Crippen LogP contribution in [-0.2, 0) is 12.8 Å². The van der Waals surface area contributed by atoms with Crippen LogP contribution in [0.2, 0.25) is 10.0 Å². The van der Waals surface area contributed by atoms with Gasteiger partial charge in [-0.05, 0) is 97.9 Å². The average Bonchev–Trinajstić information content (AvgIpc) is 2.87. The molecule has 4 nitrogen and oxygen atoms in total. The monoisotopic (exact) mass is 510 g/mol. The first kappa shape index (κ1) is 24.3. The molecule has 35 heavy (non-hydrogen) atoms. The number of benzene rings is 3. The smallest absolute Gasteiger partial charge is 0.119 e. The topological polar surface area (TPSA) is 35.9 Å². The van der Waals surface area contributed by atoms with Gasteiger partial charge in [0.15, 0.2) is 0 Å². The van der Waals surface area contributed by atoms with Gasteiger partial charge < -0.3 is 14.7 Å². The van der Waals surface area contributed by atoms with Crippen LogP contribution >= 0.6 is 23.2 Å². The standard InChI is InChI=1S/C29H32Cl2N2O2/c30-27-11-6-23(20-28(27)31)33-15-12-22-19-24(34)7-10-26(22)29(33)18-21-4-8-25(9-5-21)35-17-16-32-13-2-1-3-14-32/h4-11,19-20,29,34H,1-3,12-18H2. The molecule has 3 aromatic rings. The van der Waals surface area contributed by atoms with Crippen molar-refractivity contribution in [1.82, 2.24) is 4.90 Å². The van der Waals surface area contributed by atoms with E-state index in [4.69, 9.17) is 27.9 Å². The van der Waals surface area contributed by atoms with E-state index in [0.717, 1.165) is 44.0 Å². The van der Waals surface area contributed by atoms with Gasteiger partial charge in [0, 0.05) is 18.8 Å². The van der Waals surface area contributed by atoms with Gasteiger partial charge in [-0.15, -0.1) is 0 Å². The van der Waals surface area contributed by atoms with Crippen LogP contribution < -0.4 is 9.64 Å². The first-order valence-electron chi connectivity index (χ1n) is 12.5. The van der Waals surface area contributed by atoms with Crippen LogP contribution in [-0.4, -0.2) is 42.8 Å². The molecule has 184 valence electrons. The second-order valence-corrected chi connectivity index (χ2v) is 10.4. The quantitative estimate of drug-likeness (QED) is 0.374. The largest absolute Gasteiger partial charge is 0.508 e. The number of aromatic hydroxyl groups is 1. The highest BCUT2D eigenvalue weighted by atomic mass is 35.5. The van der Waals surface area contributed by atoms with Gasteiger partial charge in [0.05, 0.1) is 16.1 Å². The average molecular weight is 511 g/mol. The fourth-order valence-electron chi connectivity index (χ4n) is 5.31. The molecule has 0 aromatic heterocycles. The zero-order chi connectivity index (χ0) is 24.2. The number of hydrogen-bond donors (Lipinski definition) is 1. The Kier molecular flexibility index (Phi) is 7.72. The van der Waals surface area contributed by atoms with E-state index in [0.29, 0.717) is 15.8 Å². The number of ether oxygens (including phenoxy) is 1. The van der Waals surface area contributed by atoms with Gasteiger partial charge in [0.1, 0.15) is 18.1 Å². The van der Waals surface area contributed by atoms with E-state index in [1.807, 2.05) is 24.3 Å². The Balaban J connectivity index is 1.31. The van der Waals surface area contributed by atoms with Crippen molar-refractivity contribution in [2.45, 2.75) is 38.1 Å². The summed E-state index contributed by atoms with van der Waals surface area (Å²) in [7, 11) is 0. The summed E-state index contributed by atoms with van der Waals surface area (Å²) in [5.74, 6) is 1.23. The predicted octanol–water partition coefficient (Wildman–Crippen LogP) is 6.91. The zero-order valence-corrected chi connectivity index (χ0v) is 21.4. The highest BCUT2D eigenvalue weighted by Gasteiger charge is 2.28. The zero-order valence-electron chi connectivity index (χ0n) is 19.9. The predicted molar refractivity (Wildman–Crippen MR) is 144 cm³/mol. The molecule has 1 fully saturated rings. The Labute approximate surface area is 218 Å². The number of fused-ring (bicyclic) bond motifs is 1. The van der Waals surface area contributed by atoms with Crippen LogP contribution in [0.15, 0.2) is 60.7 Å². The summed E-state index contributed by atoms with van der Waals surface area (Å²) >= 11 is 12.5. The molecule has 0 spiro atoms. The van der Waals surface area contributed by atoms with Crippen molar-refractivity contribution in [3.63, 3.8) is 0 Å². The van der Waals surface area contributed by atoms with Crippen molar-refractivity contribution in [3.8, 4) is 11.5 Å². The molecule has 2 aliphatic rings. The molecule has 2 aliphatic heterocycles. The normalized spacial score (nSPS) is 18.3. The summed E-state index contributed by atoms with van der Waals surface area (Å²) in [6.07, 6.45) is 5.67. The lowest BCUT2D eigenvalue weighted by molar-refractivity contribution is 0.183. The van der Waals surface area contributed by atoms with Crippen molar-refractivity contribution < 1.29 is 9.84 Å². The van der Waals surface area contributed by atoms with Crippen LogP contribution in [0.3, 0.4) is 0 Å². The van der Waals surface area contributed by atoms with Gasteiger partial charge in [0.2, 0.25) is 0 Å². The molecule has 0 saturated carbocycles. The first-order chi connectivity index (χ1) is 17.1. The summed E-state index contributed by atoms with van der Waals surface area (Å²) in [5, 5.41) is 11.2. The maximum absolute atomic E-state index is 10.0. The van der Waals surface area contributed by atoms with E-state index >= 15 is 0 Å². The van der Waals surface area contributed by atoms with Crippen molar-refractivity contribution >= 4 is 28.9 Å². The van der Waals surface area contributed by atoms with Crippen LogP contribution in [0.25, 0.3) is 0 Å². The number of phenols is 1. The SMILES string of the molecule is Oc1ccc2c(c1)CCN(c1ccc(Cl)c(Cl)c1)C2Cc1ccc(OCCN2CCCCC2)cc1. The number of hydrogen-bond acceptors (Lipinski definition) is 4. The molecule has 1 saturated heterocycles. The highest BCUT2D eigenvalue weighted by molar-refractivity contribution is 6.42. The number of rotatable bonds is 7. The third kappa shape index (κ3) is 5.88. The van der Waals surface area contributed by atoms with E-state index < -0.39 is 0 Å². The summed E-state index contributed by atoms with van der Waals surface area (Å²) in [6.45, 7) is 4.95. The molecule has 0 bridgehead atoms. The van der Waals surface area contributed by atoms with Crippen LogP contribution in [0, 0.1) is 0 Å². The lowest BCUT2D eigenvalue weighted by atomic mass is 9.88. The van der Waals surface area contributed by atoms with Gasteiger partial charge in [-0.2, -0.15) is 0 Å². The van der Waals surface area contributed by atoms with E-state index in [9.17, 15) is 5.11 Å². The van der Waals surface area contributed by atoms with Gasteiger partial charge >= 0.3 is 0 Å². The lowest BCUT2D eigenvalue weighted by Crippen LogP contribution is -2.36. The maximum Gasteiger partial charge on any atom is 0.119 e. The van der Waals surface area contributed by atoms with Gasteiger partial charge in [-0.3, -0.25) is 4.90 Å². The fraction of sp³-hybridized carbons (Fsp3) is 0.379. The first-order valence-corrected chi connectivity index (χ1v) is 13.3. The Morgan fingerprint density at radius 1 is 0.857 bits per heavy atom. The Bertz CT molecular complexity index is 1150. The number of phenolic OH excluding ortho intramolecular Hbond substituents is 1. The molecular weight excluding hydrogens is 479 g/mol. The molecule has 1 unspecified atom stereocenters. The summed E-state index contributed by atoms with van der Waals surface area (Å²) in [6, 6.07) is 20.2. The van der Waals surface area contributed by atoms with Crippen molar-refractivity contribution in [3.05, 3.63) is 87.4 Å². The van der Waals surface area contributed by atoms with E-state index in [1.165, 1.54) is 49.0 Å². The highest BCUT2D eigenvalue weighted by Crippen LogP contribution is 2.39. The van der Waals surface area contributed by atoms with Crippen molar-refractivity contribution in [2.75, 3.05) is 37.7 Å². The molecule has 5 rings (SSSR count). The second-order valence-electron chi connectivity index (χ2n) is 9.54.